The number of halogens is 2. The van der Waals surface area contributed by atoms with E-state index in [2.05, 4.69) is 27.6 Å². The van der Waals surface area contributed by atoms with Crippen LogP contribution in [0.4, 0.5) is 0 Å². The first kappa shape index (κ1) is 14.1. The number of H-pyrrole nitrogens is 1. The van der Waals surface area contributed by atoms with E-state index in [1.807, 2.05) is 24.3 Å². The number of nitrogens with one attached hydrogen (secondary N) is 1. The summed E-state index contributed by atoms with van der Waals surface area (Å²) in [7, 11) is 0. The molecule has 0 radical (unpaired) electrons. The van der Waals surface area contributed by atoms with Crippen LogP contribution in [-0.2, 0) is 0 Å². The van der Waals surface area contributed by atoms with Crippen molar-refractivity contribution in [3.63, 3.8) is 0 Å². The highest BCUT2D eigenvalue weighted by Gasteiger charge is 2.23. The molecule has 0 bridgehead atoms. The molecular weight excluding hydrogens is 387 g/mol. The van der Waals surface area contributed by atoms with Gasteiger partial charge in [0.05, 0.1) is 9.26 Å². The van der Waals surface area contributed by atoms with Crippen LogP contribution in [0.5, 0.6) is 0 Å². The van der Waals surface area contributed by atoms with Gasteiger partial charge in [0, 0.05) is 16.5 Å². The summed E-state index contributed by atoms with van der Waals surface area (Å²) in [4.78, 5) is 19.7. The van der Waals surface area contributed by atoms with Crippen molar-refractivity contribution in [1.29, 1.82) is 0 Å². The molecule has 1 fully saturated rings. The first-order chi connectivity index (χ1) is 9.65. The third-order valence-electron chi connectivity index (χ3n) is 3.73. The molecule has 1 aromatic heterocycles. The smallest absolute Gasteiger partial charge is 0.264 e. The van der Waals surface area contributed by atoms with E-state index in [0.29, 0.717) is 16.8 Å². The second kappa shape index (κ2) is 5.85. The maximum absolute atomic E-state index is 12.1. The Labute approximate surface area is 135 Å². The van der Waals surface area contributed by atoms with Crippen LogP contribution in [0, 0.1) is 3.57 Å². The molecule has 2 aromatic rings. The summed E-state index contributed by atoms with van der Waals surface area (Å²) >= 11 is 8.12. The van der Waals surface area contributed by atoms with Gasteiger partial charge in [-0.1, -0.05) is 36.6 Å². The highest BCUT2D eigenvalue weighted by atomic mass is 127. The molecule has 1 aliphatic carbocycles. The van der Waals surface area contributed by atoms with E-state index < -0.39 is 0 Å². The van der Waals surface area contributed by atoms with Crippen LogP contribution in [0.2, 0.25) is 5.02 Å². The van der Waals surface area contributed by atoms with E-state index >= 15 is 0 Å². The highest BCUT2D eigenvalue weighted by molar-refractivity contribution is 14.1. The molecule has 104 valence electrons. The van der Waals surface area contributed by atoms with E-state index in [0.717, 1.165) is 27.7 Å². The van der Waals surface area contributed by atoms with Crippen molar-refractivity contribution in [2.24, 2.45) is 0 Å². The lowest BCUT2D eigenvalue weighted by Gasteiger charge is -2.12. The van der Waals surface area contributed by atoms with Crippen LogP contribution in [-0.4, -0.2) is 9.97 Å². The van der Waals surface area contributed by atoms with Crippen molar-refractivity contribution in [2.75, 3.05) is 0 Å². The lowest BCUT2D eigenvalue weighted by molar-refractivity contribution is 0.687. The maximum atomic E-state index is 12.1. The molecule has 3 rings (SSSR count). The van der Waals surface area contributed by atoms with E-state index in [-0.39, 0.29) is 5.56 Å². The maximum Gasteiger partial charge on any atom is 0.264 e. The number of benzene rings is 1. The molecule has 1 N–H and O–H groups in total. The van der Waals surface area contributed by atoms with Crippen LogP contribution in [0.15, 0.2) is 29.1 Å². The molecule has 0 unspecified atom stereocenters. The minimum atomic E-state index is -0.0579. The summed E-state index contributed by atoms with van der Waals surface area (Å²) in [6.45, 7) is 0. The van der Waals surface area contributed by atoms with Gasteiger partial charge in [0.1, 0.15) is 5.82 Å². The summed E-state index contributed by atoms with van der Waals surface area (Å²) in [5, 5.41) is 0.645. The predicted molar refractivity (Wildman–Crippen MR) is 89.2 cm³/mol. The number of nitrogens with zero attached hydrogens (tertiary/aromatic N) is 1. The van der Waals surface area contributed by atoms with Crippen molar-refractivity contribution >= 4 is 34.2 Å². The molecule has 5 heteroatoms. The van der Waals surface area contributed by atoms with Crippen molar-refractivity contribution < 1.29 is 0 Å². The minimum Gasteiger partial charge on any atom is -0.306 e. The molecule has 1 heterocycles. The third-order valence-corrected chi connectivity index (χ3v) is 5.01. The molecular formula is C15H14ClIN2O. The van der Waals surface area contributed by atoms with Crippen LogP contribution in [0.25, 0.3) is 11.4 Å². The van der Waals surface area contributed by atoms with Gasteiger partial charge in [-0.15, -0.1) is 0 Å². The average molecular weight is 401 g/mol. The molecule has 1 saturated carbocycles. The first-order valence-corrected chi connectivity index (χ1v) is 8.16. The summed E-state index contributed by atoms with van der Waals surface area (Å²) < 4.78 is 0.722. The second-order valence-corrected chi connectivity index (χ2v) is 6.62. The number of hydrogen-bond acceptors (Lipinski definition) is 2. The van der Waals surface area contributed by atoms with Gasteiger partial charge in [0.2, 0.25) is 0 Å². The second-order valence-electron chi connectivity index (χ2n) is 5.11. The molecule has 1 aliphatic rings. The van der Waals surface area contributed by atoms with Crippen molar-refractivity contribution in [1.82, 2.24) is 9.97 Å². The molecule has 0 amide bonds. The quantitative estimate of drug-likeness (QED) is 0.762. The monoisotopic (exact) mass is 400 g/mol. The van der Waals surface area contributed by atoms with Gasteiger partial charge < -0.3 is 4.98 Å². The Morgan fingerprint density at radius 3 is 2.75 bits per heavy atom. The molecule has 0 atom stereocenters. The molecule has 20 heavy (non-hydrogen) atoms. The fraction of sp³-hybridized carbons (Fsp3) is 0.333. The normalized spacial score (nSPS) is 15.7. The Balaban J connectivity index is 2.11. The molecule has 0 spiro atoms. The van der Waals surface area contributed by atoms with Crippen molar-refractivity contribution in [3.8, 4) is 11.4 Å². The van der Waals surface area contributed by atoms with Gasteiger partial charge in [-0.3, -0.25) is 4.79 Å². The fourth-order valence-corrected chi connectivity index (χ4v) is 3.60. The number of hydrogen-bond donors (Lipinski definition) is 1. The van der Waals surface area contributed by atoms with Crippen LogP contribution >= 0.6 is 34.2 Å². The summed E-state index contributed by atoms with van der Waals surface area (Å²) in [6, 6.07) is 7.42. The predicted octanol–water partition coefficient (Wildman–Crippen LogP) is 4.35. The van der Waals surface area contributed by atoms with E-state index in [1.165, 1.54) is 12.8 Å². The molecule has 0 aliphatic heterocycles. The average Bonchev–Trinajstić information content (AvgIpc) is 2.95. The Bertz CT molecular complexity index is 693. The Morgan fingerprint density at radius 1 is 1.30 bits per heavy atom. The highest BCUT2D eigenvalue weighted by Crippen LogP contribution is 2.35. The zero-order valence-electron chi connectivity index (χ0n) is 10.8. The van der Waals surface area contributed by atoms with Gasteiger partial charge in [-0.2, -0.15) is 0 Å². The SMILES string of the molecule is O=c1[nH]c(-c2cccc(Cl)c2)nc(C2CCCC2)c1I. The largest absolute Gasteiger partial charge is 0.306 e. The van der Waals surface area contributed by atoms with Gasteiger partial charge in [0.25, 0.3) is 5.56 Å². The zero-order chi connectivity index (χ0) is 14.1. The molecule has 0 saturated heterocycles. The molecule has 1 aromatic carbocycles. The van der Waals surface area contributed by atoms with Crippen LogP contribution < -0.4 is 5.56 Å². The van der Waals surface area contributed by atoms with Crippen molar-refractivity contribution in [2.45, 2.75) is 31.6 Å². The van der Waals surface area contributed by atoms with Crippen LogP contribution in [0.3, 0.4) is 0 Å². The third kappa shape index (κ3) is 2.76. The number of rotatable bonds is 2. The van der Waals surface area contributed by atoms with Crippen LogP contribution in [0.1, 0.15) is 37.3 Å². The van der Waals surface area contributed by atoms with Crippen molar-refractivity contribution in [3.05, 3.63) is 48.9 Å². The Morgan fingerprint density at radius 2 is 2.05 bits per heavy atom. The number of aromatic nitrogens is 2. The first-order valence-electron chi connectivity index (χ1n) is 6.71. The summed E-state index contributed by atoms with van der Waals surface area (Å²) in [5.74, 6) is 1.03. The standard InChI is InChI=1S/C15H14ClIN2O/c16-11-7-3-6-10(8-11)14-18-13(9-4-1-2-5-9)12(17)15(20)19-14/h3,6-9H,1-2,4-5H2,(H,18,19,20). The lowest BCUT2D eigenvalue weighted by Crippen LogP contribution is -2.17. The van der Waals surface area contributed by atoms with Gasteiger partial charge >= 0.3 is 0 Å². The van der Waals surface area contributed by atoms with E-state index in [1.54, 1.807) is 0 Å². The Hall–Kier alpha value is -0.880. The lowest BCUT2D eigenvalue weighted by atomic mass is 10.0. The van der Waals surface area contributed by atoms with Gasteiger partial charge in [-0.05, 0) is 47.6 Å². The number of aromatic amines is 1. The minimum absolute atomic E-state index is 0.0579. The Kier molecular flexibility index (Phi) is 4.12. The van der Waals surface area contributed by atoms with E-state index in [4.69, 9.17) is 16.6 Å². The fourth-order valence-electron chi connectivity index (χ4n) is 2.72. The van der Waals surface area contributed by atoms with E-state index in [9.17, 15) is 4.79 Å². The zero-order valence-corrected chi connectivity index (χ0v) is 13.7. The summed E-state index contributed by atoms with van der Waals surface area (Å²) in [5.41, 5.74) is 1.74. The van der Waals surface area contributed by atoms with Gasteiger partial charge in [-0.25, -0.2) is 4.98 Å². The summed E-state index contributed by atoms with van der Waals surface area (Å²) in [6.07, 6.45) is 4.70. The topological polar surface area (TPSA) is 45.8 Å². The molecule has 3 nitrogen and oxygen atoms in total. The van der Waals surface area contributed by atoms with Gasteiger partial charge in [0.15, 0.2) is 0 Å².